The summed E-state index contributed by atoms with van der Waals surface area (Å²) < 4.78 is 0. The number of nitrogens with one attached hydrogen (secondary N) is 4. The van der Waals surface area contributed by atoms with Gasteiger partial charge in [0.25, 0.3) is 0 Å². The van der Waals surface area contributed by atoms with Crippen LogP contribution < -0.4 is 16.0 Å². The molecule has 1 aliphatic rings. The SMILES string of the molecule is Cc1ccc(NC(=O)Nc2cc(-c3ccccc3-c3nnn[nH]3)ccc2NC(CC2CCC2)C(C)C)cc1. The first-order chi connectivity index (χ1) is 18.5. The van der Waals surface area contributed by atoms with Crippen molar-refractivity contribution in [1.29, 1.82) is 0 Å². The Morgan fingerprint density at radius 3 is 2.39 bits per heavy atom. The maximum Gasteiger partial charge on any atom is 0.323 e. The van der Waals surface area contributed by atoms with Crippen LogP contribution in [0, 0.1) is 18.8 Å². The molecule has 1 unspecified atom stereocenters. The maximum atomic E-state index is 13.1. The van der Waals surface area contributed by atoms with Gasteiger partial charge in [0.2, 0.25) is 0 Å². The van der Waals surface area contributed by atoms with Crippen LogP contribution in [-0.2, 0) is 0 Å². The molecule has 1 saturated carbocycles. The van der Waals surface area contributed by atoms with E-state index < -0.39 is 0 Å². The highest BCUT2D eigenvalue weighted by Crippen LogP contribution is 2.37. The lowest BCUT2D eigenvalue weighted by Gasteiger charge is -2.33. The first-order valence-corrected chi connectivity index (χ1v) is 13.3. The van der Waals surface area contributed by atoms with Crippen LogP contribution in [-0.4, -0.2) is 32.7 Å². The number of carbonyl (C=O) groups is 1. The number of hydrogen-bond donors (Lipinski definition) is 4. The normalized spacial score (nSPS) is 14.1. The maximum absolute atomic E-state index is 13.1. The fourth-order valence-electron chi connectivity index (χ4n) is 4.86. The van der Waals surface area contributed by atoms with Crippen LogP contribution in [0.3, 0.4) is 0 Å². The second-order valence-corrected chi connectivity index (χ2v) is 10.5. The summed E-state index contributed by atoms with van der Waals surface area (Å²) >= 11 is 0. The molecule has 2 amide bonds. The van der Waals surface area contributed by atoms with Gasteiger partial charge < -0.3 is 16.0 Å². The summed E-state index contributed by atoms with van der Waals surface area (Å²) in [5, 5.41) is 24.3. The van der Waals surface area contributed by atoms with E-state index in [1.807, 2.05) is 61.5 Å². The van der Waals surface area contributed by atoms with Gasteiger partial charge in [0.05, 0.1) is 11.4 Å². The topological polar surface area (TPSA) is 108 Å². The van der Waals surface area contributed by atoms with Gasteiger partial charge >= 0.3 is 6.03 Å². The molecule has 0 bridgehead atoms. The number of anilines is 3. The van der Waals surface area contributed by atoms with E-state index in [4.69, 9.17) is 0 Å². The Hall–Kier alpha value is -4.20. The average molecular weight is 510 g/mol. The predicted molar refractivity (Wildman–Crippen MR) is 153 cm³/mol. The van der Waals surface area contributed by atoms with Gasteiger partial charge in [-0.1, -0.05) is 81.1 Å². The van der Waals surface area contributed by atoms with Gasteiger partial charge in [-0.25, -0.2) is 9.89 Å². The number of aryl methyl sites for hydroxylation is 1. The van der Waals surface area contributed by atoms with Gasteiger partial charge in [-0.15, -0.1) is 5.10 Å². The van der Waals surface area contributed by atoms with E-state index in [2.05, 4.69) is 62.6 Å². The number of aromatic nitrogens is 4. The van der Waals surface area contributed by atoms with Crippen molar-refractivity contribution in [2.75, 3.05) is 16.0 Å². The highest BCUT2D eigenvalue weighted by atomic mass is 16.2. The van der Waals surface area contributed by atoms with Crippen LogP contribution in [0.4, 0.5) is 21.9 Å². The Bertz CT molecular complexity index is 1360. The number of carbonyl (C=O) groups excluding carboxylic acids is 1. The Morgan fingerprint density at radius 2 is 1.74 bits per heavy atom. The average Bonchev–Trinajstić information content (AvgIpc) is 3.42. The summed E-state index contributed by atoms with van der Waals surface area (Å²) in [6, 6.07) is 21.9. The summed E-state index contributed by atoms with van der Waals surface area (Å²) in [4.78, 5) is 13.1. The van der Waals surface area contributed by atoms with Crippen molar-refractivity contribution in [2.24, 2.45) is 11.8 Å². The van der Waals surface area contributed by atoms with Crippen molar-refractivity contribution in [3.63, 3.8) is 0 Å². The molecule has 0 radical (unpaired) electrons. The van der Waals surface area contributed by atoms with Gasteiger partial charge in [0.1, 0.15) is 0 Å². The third-order valence-electron chi connectivity index (χ3n) is 7.37. The van der Waals surface area contributed by atoms with Crippen molar-refractivity contribution in [1.82, 2.24) is 20.6 Å². The number of hydrogen-bond acceptors (Lipinski definition) is 5. The largest absolute Gasteiger partial charge is 0.380 e. The number of urea groups is 1. The van der Waals surface area contributed by atoms with Crippen LogP contribution in [0.5, 0.6) is 0 Å². The standard InChI is InChI=1S/C30H35N7O/c1-19(2)27(17-21-7-6-8-21)32-26-16-13-22(24-9-4-5-10-25(24)29-34-36-37-35-29)18-28(26)33-30(38)31-23-14-11-20(3)12-15-23/h4-5,9-16,18-19,21,27,32H,6-8,17H2,1-3H3,(H2,31,33,38)(H,34,35,36,37). The number of benzene rings is 3. The molecule has 3 aromatic carbocycles. The molecule has 1 atom stereocenters. The number of rotatable bonds is 9. The van der Waals surface area contributed by atoms with E-state index in [9.17, 15) is 4.79 Å². The fourth-order valence-corrected chi connectivity index (χ4v) is 4.86. The minimum absolute atomic E-state index is 0.290. The predicted octanol–water partition coefficient (Wildman–Crippen LogP) is 7.11. The van der Waals surface area contributed by atoms with Crippen LogP contribution in [0.25, 0.3) is 22.5 Å². The molecule has 1 heterocycles. The molecule has 4 aromatic rings. The highest BCUT2D eigenvalue weighted by Gasteiger charge is 2.25. The summed E-state index contributed by atoms with van der Waals surface area (Å²) in [5.74, 6) is 1.83. The van der Waals surface area contributed by atoms with E-state index in [0.29, 0.717) is 17.8 Å². The smallest absolute Gasteiger partial charge is 0.323 e. The molecule has 0 aliphatic heterocycles. The van der Waals surface area contributed by atoms with E-state index in [1.54, 1.807) is 0 Å². The lowest BCUT2D eigenvalue weighted by atomic mass is 9.79. The molecule has 8 heteroatoms. The third-order valence-corrected chi connectivity index (χ3v) is 7.37. The molecule has 0 spiro atoms. The molecule has 1 aliphatic carbocycles. The van der Waals surface area contributed by atoms with Gasteiger partial charge in [0, 0.05) is 17.3 Å². The molecule has 38 heavy (non-hydrogen) atoms. The van der Waals surface area contributed by atoms with Gasteiger partial charge in [-0.2, -0.15) is 0 Å². The minimum Gasteiger partial charge on any atom is -0.380 e. The molecular weight excluding hydrogens is 474 g/mol. The number of tetrazole rings is 1. The quantitative estimate of drug-likeness (QED) is 0.192. The van der Waals surface area contributed by atoms with Crippen LogP contribution in [0.2, 0.25) is 0 Å². The molecule has 1 aromatic heterocycles. The van der Waals surface area contributed by atoms with Crippen molar-refractivity contribution in [3.8, 4) is 22.5 Å². The lowest BCUT2D eigenvalue weighted by Crippen LogP contribution is -2.31. The minimum atomic E-state index is -0.290. The summed E-state index contributed by atoms with van der Waals surface area (Å²) in [6.07, 6.45) is 5.08. The Kier molecular flexibility index (Phi) is 7.67. The molecule has 1 fully saturated rings. The second-order valence-electron chi connectivity index (χ2n) is 10.5. The summed E-state index contributed by atoms with van der Waals surface area (Å²) in [7, 11) is 0. The van der Waals surface area contributed by atoms with Gasteiger partial charge in [-0.3, -0.25) is 0 Å². The zero-order valence-electron chi connectivity index (χ0n) is 22.2. The van der Waals surface area contributed by atoms with E-state index in [1.165, 1.54) is 19.3 Å². The van der Waals surface area contributed by atoms with Crippen molar-refractivity contribution in [2.45, 2.75) is 52.5 Å². The van der Waals surface area contributed by atoms with Crippen molar-refractivity contribution in [3.05, 3.63) is 72.3 Å². The lowest BCUT2D eigenvalue weighted by molar-refractivity contribution is 0.262. The number of amides is 2. The molecule has 196 valence electrons. The van der Waals surface area contributed by atoms with Crippen LogP contribution >= 0.6 is 0 Å². The van der Waals surface area contributed by atoms with E-state index in [0.717, 1.165) is 51.7 Å². The Morgan fingerprint density at radius 1 is 0.974 bits per heavy atom. The highest BCUT2D eigenvalue weighted by molar-refractivity contribution is 6.02. The third kappa shape index (κ3) is 6.02. The Labute approximate surface area is 223 Å². The zero-order chi connectivity index (χ0) is 26.5. The zero-order valence-corrected chi connectivity index (χ0v) is 22.2. The summed E-state index contributed by atoms with van der Waals surface area (Å²) in [6.45, 7) is 6.53. The number of H-pyrrole nitrogens is 1. The van der Waals surface area contributed by atoms with Crippen LogP contribution in [0.15, 0.2) is 66.7 Å². The first-order valence-electron chi connectivity index (χ1n) is 13.3. The van der Waals surface area contributed by atoms with Crippen LogP contribution in [0.1, 0.15) is 45.1 Å². The first kappa shape index (κ1) is 25.4. The van der Waals surface area contributed by atoms with E-state index in [-0.39, 0.29) is 6.03 Å². The number of aromatic amines is 1. The molecule has 0 saturated heterocycles. The second kappa shape index (κ2) is 11.5. The van der Waals surface area contributed by atoms with Crippen molar-refractivity contribution >= 4 is 23.1 Å². The molecular formula is C30H35N7O. The van der Waals surface area contributed by atoms with Crippen molar-refractivity contribution < 1.29 is 4.79 Å². The van der Waals surface area contributed by atoms with Gasteiger partial charge in [-0.05, 0) is 71.0 Å². The van der Waals surface area contributed by atoms with Gasteiger partial charge in [0.15, 0.2) is 5.82 Å². The molecule has 8 nitrogen and oxygen atoms in total. The molecule has 4 N–H and O–H groups in total. The summed E-state index contributed by atoms with van der Waals surface area (Å²) in [5.41, 5.74) is 6.32. The van der Waals surface area contributed by atoms with E-state index >= 15 is 0 Å². The molecule has 5 rings (SSSR count). The fraction of sp³-hybridized carbons (Fsp3) is 0.333. The monoisotopic (exact) mass is 509 g/mol. The number of nitrogens with zero attached hydrogens (tertiary/aromatic N) is 3. The Balaban J connectivity index is 1.46.